The number of hydrogen-bond donors (Lipinski definition) is 3. The van der Waals surface area contributed by atoms with Crippen LogP contribution in [0.15, 0.2) is 48.5 Å². The summed E-state index contributed by atoms with van der Waals surface area (Å²) in [7, 11) is 0. The van der Waals surface area contributed by atoms with E-state index in [1.807, 2.05) is 0 Å². The molecule has 0 aliphatic carbocycles. The number of carbonyl (C=O) groups excluding carboxylic acids is 1. The minimum absolute atomic E-state index is 0.000450. The summed E-state index contributed by atoms with van der Waals surface area (Å²) in [5, 5.41) is 28.8. The third-order valence-corrected chi connectivity index (χ3v) is 3.53. The zero-order valence-corrected chi connectivity index (χ0v) is 13.1. The first-order chi connectivity index (χ1) is 11.5. The van der Waals surface area contributed by atoms with Crippen LogP contribution in [0, 0.1) is 0 Å². The van der Waals surface area contributed by atoms with Crippen LogP contribution in [-0.4, -0.2) is 27.2 Å². The highest BCUT2D eigenvalue weighted by Crippen LogP contribution is 2.38. The number of amides is 1. The van der Waals surface area contributed by atoms with E-state index in [1.165, 1.54) is 17.0 Å². The van der Waals surface area contributed by atoms with E-state index >= 15 is 0 Å². The molecule has 0 aliphatic heterocycles. The maximum Gasteiger partial charge on any atom is 0.303 e. The molecule has 0 aromatic heterocycles. The number of carbonyl (C=O) groups is 2. The summed E-state index contributed by atoms with van der Waals surface area (Å²) < 4.78 is 0. The third kappa shape index (κ3) is 4.25. The van der Waals surface area contributed by atoms with Gasteiger partial charge in [0.2, 0.25) is 5.91 Å². The largest absolute Gasteiger partial charge is 0.506 e. The number of hydrogen-bond acceptors (Lipinski definition) is 4. The Morgan fingerprint density at radius 1 is 0.792 bits per heavy atom. The Bertz CT molecular complexity index is 683. The highest BCUT2D eigenvalue weighted by molar-refractivity contribution is 6.02. The van der Waals surface area contributed by atoms with Crippen molar-refractivity contribution in [1.82, 2.24) is 0 Å². The fourth-order valence-electron chi connectivity index (χ4n) is 2.37. The molecule has 0 saturated carbocycles. The summed E-state index contributed by atoms with van der Waals surface area (Å²) in [5.41, 5.74) is 0.532. The number of anilines is 2. The zero-order chi connectivity index (χ0) is 17.5. The van der Waals surface area contributed by atoms with Gasteiger partial charge in [-0.25, -0.2) is 0 Å². The molecular formula is C18H19NO5. The Kier molecular flexibility index (Phi) is 5.78. The summed E-state index contributed by atoms with van der Waals surface area (Å²) in [5.74, 6) is -1.40. The van der Waals surface area contributed by atoms with E-state index in [2.05, 4.69) is 0 Å². The Hall–Kier alpha value is -3.02. The normalized spacial score (nSPS) is 10.3. The number of benzene rings is 2. The average Bonchev–Trinajstić information content (AvgIpc) is 2.55. The first kappa shape index (κ1) is 17.3. The van der Waals surface area contributed by atoms with Crippen LogP contribution in [-0.2, 0) is 9.59 Å². The van der Waals surface area contributed by atoms with Crippen molar-refractivity contribution in [2.24, 2.45) is 0 Å². The molecule has 0 saturated heterocycles. The molecule has 6 nitrogen and oxygen atoms in total. The first-order valence-corrected chi connectivity index (χ1v) is 7.61. The van der Waals surface area contributed by atoms with E-state index in [9.17, 15) is 19.8 Å². The maximum absolute atomic E-state index is 12.6. The van der Waals surface area contributed by atoms with E-state index < -0.39 is 5.97 Å². The molecule has 0 radical (unpaired) electrons. The number of para-hydroxylation sites is 4. The van der Waals surface area contributed by atoms with Gasteiger partial charge in [-0.2, -0.15) is 0 Å². The second-order valence-corrected chi connectivity index (χ2v) is 5.31. The maximum atomic E-state index is 12.6. The van der Waals surface area contributed by atoms with Crippen molar-refractivity contribution in [1.29, 1.82) is 0 Å². The quantitative estimate of drug-likeness (QED) is 0.676. The van der Waals surface area contributed by atoms with Gasteiger partial charge in [0.05, 0.1) is 11.4 Å². The number of carboxylic acids is 1. The monoisotopic (exact) mass is 329 g/mol. The molecule has 2 aromatic rings. The number of rotatable bonds is 7. The number of unbranched alkanes of at least 4 members (excludes halogenated alkanes) is 1. The van der Waals surface area contributed by atoms with Gasteiger partial charge < -0.3 is 15.3 Å². The van der Waals surface area contributed by atoms with Gasteiger partial charge in [0.25, 0.3) is 0 Å². The molecule has 3 N–H and O–H groups in total. The molecular weight excluding hydrogens is 310 g/mol. The lowest BCUT2D eigenvalue weighted by Crippen LogP contribution is -2.25. The highest BCUT2D eigenvalue weighted by Gasteiger charge is 2.22. The van der Waals surface area contributed by atoms with Crippen molar-refractivity contribution in [3.8, 4) is 11.5 Å². The molecule has 0 bridgehead atoms. The smallest absolute Gasteiger partial charge is 0.303 e. The van der Waals surface area contributed by atoms with E-state index in [4.69, 9.17) is 5.11 Å². The number of nitrogens with zero attached hydrogens (tertiary/aromatic N) is 1. The molecule has 0 heterocycles. The lowest BCUT2D eigenvalue weighted by molar-refractivity contribution is -0.137. The van der Waals surface area contributed by atoms with E-state index in [1.54, 1.807) is 36.4 Å². The van der Waals surface area contributed by atoms with E-state index in [-0.39, 0.29) is 41.6 Å². The van der Waals surface area contributed by atoms with Crippen molar-refractivity contribution >= 4 is 23.3 Å². The summed E-state index contributed by atoms with van der Waals surface area (Å²) in [6, 6.07) is 12.7. The minimum Gasteiger partial charge on any atom is -0.506 e. The SMILES string of the molecule is O=C(O)CCCCC(=O)N(c1ccccc1O)c1ccccc1O. The first-order valence-electron chi connectivity index (χ1n) is 7.61. The van der Waals surface area contributed by atoms with Gasteiger partial charge in [0, 0.05) is 12.8 Å². The van der Waals surface area contributed by atoms with Crippen molar-refractivity contribution in [3.63, 3.8) is 0 Å². The predicted octanol–water partition coefficient (Wildman–Crippen LogP) is 3.41. The van der Waals surface area contributed by atoms with Crippen LogP contribution < -0.4 is 4.90 Å². The molecule has 0 unspecified atom stereocenters. The van der Waals surface area contributed by atoms with Gasteiger partial charge in [-0.05, 0) is 37.1 Å². The number of aromatic hydroxyl groups is 2. The van der Waals surface area contributed by atoms with Crippen LogP contribution >= 0.6 is 0 Å². The Labute approximate surface area is 139 Å². The summed E-state index contributed by atoms with van der Waals surface area (Å²) in [4.78, 5) is 24.5. The molecule has 0 spiro atoms. The third-order valence-electron chi connectivity index (χ3n) is 3.53. The molecule has 0 atom stereocenters. The number of phenolic OH excluding ortho intramolecular Hbond substituents is 2. The molecule has 126 valence electrons. The van der Waals surface area contributed by atoms with Gasteiger partial charge >= 0.3 is 5.97 Å². The predicted molar refractivity (Wildman–Crippen MR) is 89.5 cm³/mol. The lowest BCUT2D eigenvalue weighted by atomic mass is 10.1. The van der Waals surface area contributed by atoms with Gasteiger partial charge in [-0.15, -0.1) is 0 Å². The lowest BCUT2D eigenvalue weighted by Gasteiger charge is -2.24. The van der Waals surface area contributed by atoms with Crippen LogP contribution in [0.2, 0.25) is 0 Å². The molecule has 2 rings (SSSR count). The molecule has 6 heteroatoms. The Morgan fingerprint density at radius 2 is 1.25 bits per heavy atom. The molecule has 1 amide bonds. The van der Waals surface area contributed by atoms with Gasteiger partial charge in [0.15, 0.2) is 0 Å². The van der Waals surface area contributed by atoms with Crippen LogP contribution in [0.3, 0.4) is 0 Å². The fourth-order valence-corrected chi connectivity index (χ4v) is 2.37. The summed E-state index contributed by atoms with van der Waals surface area (Å²) in [6.07, 6.45) is 0.898. The molecule has 2 aromatic carbocycles. The van der Waals surface area contributed by atoms with Crippen molar-refractivity contribution in [2.45, 2.75) is 25.7 Å². The average molecular weight is 329 g/mol. The number of carboxylic acid groups (broad SMARTS) is 1. The van der Waals surface area contributed by atoms with Crippen LogP contribution in [0.4, 0.5) is 11.4 Å². The Morgan fingerprint density at radius 3 is 1.71 bits per heavy atom. The van der Waals surface area contributed by atoms with Crippen molar-refractivity contribution < 1.29 is 24.9 Å². The Balaban J connectivity index is 2.27. The standard InChI is InChI=1S/C18H19NO5/c20-15-9-3-1-7-13(15)19(14-8-2-4-10-16(14)21)17(22)11-5-6-12-18(23)24/h1-4,7-10,20-21H,5-6,11-12H2,(H,23,24). The number of phenols is 2. The summed E-state index contributed by atoms with van der Waals surface area (Å²) >= 11 is 0. The van der Waals surface area contributed by atoms with Crippen LogP contribution in [0.5, 0.6) is 11.5 Å². The van der Waals surface area contributed by atoms with Crippen molar-refractivity contribution in [3.05, 3.63) is 48.5 Å². The second-order valence-electron chi connectivity index (χ2n) is 5.31. The van der Waals surface area contributed by atoms with Crippen LogP contribution in [0.25, 0.3) is 0 Å². The second kappa shape index (κ2) is 8.01. The zero-order valence-electron chi connectivity index (χ0n) is 13.1. The van der Waals surface area contributed by atoms with Crippen molar-refractivity contribution in [2.75, 3.05) is 4.90 Å². The van der Waals surface area contributed by atoms with Gasteiger partial charge in [-0.3, -0.25) is 14.5 Å². The topological polar surface area (TPSA) is 98.1 Å². The van der Waals surface area contributed by atoms with Gasteiger partial charge in [0.1, 0.15) is 11.5 Å². The molecule has 0 aliphatic rings. The van der Waals surface area contributed by atoms with E-state index in [0.29, 0.717) is 12.8 Å². The van der Waals surface area contributed by atoms with Gasteiger partial charge in [-0.1, -0.05) is 24.3 Å². The number of aliphatic carboxylic acids is 1. The molecule has 0 fully saturated rings. The minimum atomic E-state index is -0.902. The summed E-state index contributed by atoms with van der Waals surface area (Å²) in [6.45, 7) is 0. The van der Waals surface area contributed by atoms with Crippen LogP contribution in [0.1, 0.15) is 25.7 Å². The highest BCUT2D eigenvalue weighted by atomic mass is 16.4. The van der Waals surface area contributed by atoms with E-state index in [0.717, 1.165) is 0 Å². The molecule has 24 heavy (non-hydrogen) atoms. The fraction of sp³-hybridized carbons (Fsp3) is 0.222.